The van der Waals surface area contributed by atoms with Gasteiger partial charge in [0.05, 0.1) is 4.92 Å². The molecule has 0 radical (unpaired) electrons. The van der Waals surface area contributed by atoms with E-state index in [9.17, 15) is 10.1 Å². The number of nitrogens with zero attached hydrogens (tertiary/aromatic N) is 1. The number of amidine groups is 1. The van der Waals surface area contributed by atoms with Crippen molar-refractivity contribution in [1.82, 2.24) is 0 Å². The van der Waals surface area contributed by atoms with Gasteiger partial charge >= 0.3 is 0 Å². The average molecular weight is 236 g/mol. The minimum absolute atomic E-state index is 0. The molecule has 0 saturated heterocycles. The van der Waals surface area contributed by atoms with Crippen LogP contribution in [0.2, 0.25) is 5.02 Å². The van der Waals surface area contributed by atoms with Crippen LogP contribution in [-0.2, 0) is 0 Å². The van der Waals surface area contributed by atoms with Crippen LogP contribution < -0.4 is 5.73 Å². The predicted octanol–water partition coefficient (Wildman–Crippen LogP) is 1.95. The highest BCUT2D eigenvalue weighted by molar-refractivity contribution is 6.31. The molecular formula is C7H7Cl2N3O2. The van der Waals surface area contributed by atoms with E-state index in [4.69, 9.17) is 22.7 Å². The van der Waals surface area contributed by atoms with E-state index in [-0.39, 0.29) is 34.5 Å². The number of non-ortho nitro benzene ring substituents is 1. The Morgan fingerprint density at radius 1 is 1.50 bits per heavy atom. The topological polar surface area (TPSA) is 93.0 Å². The lowest BCUT2D eigenvalue weighted by atomic mass is 10.2. The van der Waals surface area contributed by atoms with E-state index in [0.717, 1.165) is 0 Å². The molecule has 1 rings (SSSR count). The van der Waals surface area contributed by atoms with Crippen molar-refractivity contribution in [1.29, 1.82) is 5.41 Å². The van der Waals surface area contributed by atoms with Gasteiger partial charge in [-0.05, 0) is 6.07 Å². The fraction of sp³-hybridized carbons (Fsp3) is 0. The third-order valence-electron chi connectivity index (χ3n) is 1.40. The van der Waals surface area contributed by atoms with Gasteiger partial charge in [0.15, 0.2) is 0 Å². The zero-order valence-corrected chi connectivity index (χ0v) is 8.43. The molecule has 5 nitrogen and oxygen atoms in total. The zero-order chi connectivity index (χ0) is 10.0. The Labute approximate surface area is 90.9 Å². The fourth-order valence-corrected chi connectivity index (χ4v) is 1.06. The normalized spacial score (nSPS) is 8.93. The number of halogens is 2. The van der Waals surface area contributed by atoms with Crippen LogP contribution >= 0.6 is 24.0 Å². The molecule has 76 valence electrons. The third-order valence-corrected chi connectivity index (χ3v) is 1.62. The molecule has 0 unspecified atom stereocenters. The smallest absolute Gasteiger partial charge is 0.271 e. The van der Waals surface area contributed by atoms with Crippen molar-refractivity contribution >= 4 is 35.5 Å². The van der Waals surface area contributed by atoms with E-state index in [2.05, 4.69) is 0 Å². The Bertz CT molecular complexity index is 349. The molecule has 0 fully saturated rings. The van der Waals surface area contributed by atoms with E-state index >= 15 is 0 Å². The standard InChI is InChI=1S/C7H6ClN3O2.ClH/c8-5-1-4(7(9)10)2-6(3-5)11(12)13;/h1-3H,(H3,9,10);1H. The molecule has 0 aliphatic rings. The summed E-state index contributed by atoms with van der Waals surface area (Å²) in [4.78, 5) is 9.78. The molecule has 3 N–H and O–H groups in total. The van der Waals surface area contributed by atoms with Crippen molar-refractivity contribution in [2.24, 2.45) is 5.73 Å². The van der Waals surface area contributed by atoms with Crippen LogP contribution in [0.15, 0.2) is 18.2 Å². The maximum Gasteiger partial charge on any atom is 0.271 e. The van der Waals surface area contributed by atoms with Crippen molar-refractivity contribution in [3.63, 3.8) is 0 Å². The average Bonchev–Trinajstić information content (AvgIpc) is 2.03. The van der Waals surface area contributed by atoms with E-state index in [1.165, 1.54) is 18.2 Å². The maximum absolute atomic E-state index is 10.4. The largest absolute Gasteiger partial charge is 0.384 e. The Morgan fingerprint density at radius 2 is 2.07 bits per heavy atom. The van der Waals surface area contributed by atoms with Gasteiger partial charge in [0, 0.05) is 22.7 Å². The summed E-state index contributed by atoms with van der Waals surface area (Å²) in [6.07, 6.45) is 0. The summed E-state index contributed by atoms with van der Waals surface area (Å²) < 4.78 is 0. The van der Waals surface area contributed by atoms with Crippen LogP contribution in [-0.4, -0.2) is 10.8 Å². The van der Waals surface area contributed by atoms with Crippen molar-refractivity contribution in [2.75, 3.05) is 0 Å². The molecule has 14 heavy (non-hydrogen) atoms. The number of hydrogen-bond donors (Lipinski definition) is 2. The molecular weight excluding hydrogens is 229 g/mol. The minimum atomic E-state index is -0.585. The Morgan fingerprint density at radius 3 is 2.50 bits per heavy atom. The maximum atomic E-state index is 10.4. The minimum Gasteiger partial charge on any atom is -0.384 e. The molecule has 0 aliphatic heterocycles. The second-order valence-electron chi connectivity index (χ2n) is 2.37. The lowest BCUT2D eigenvalue weighted by Crippen LogP contribution is -2.11. The quantitative estimate of drug-likeness (QED) is 0.355. The lowest BCUT2D eigenvalue weighted by molar-refractivity contribution is -0.384. The SMILES string of the molecule is Cl.N=C(N)c1cc(Cl)cc([N+](=O)[O-])c1. The molecule has 0 spiro atoms. The number of nitrogens with one attached hydrogen (secondary N) is 1. The van der Waals surface area contributed by atoms with Gasteiger partial charge in [-0.15, -0.1) is 12.4 Å². The molecule has 1 aromatic carbocycles. The number of hydrogen-bond acceptors (Lipinski definition) is 3. The Kier molecular flexibility index (Phi) is 4.33. The first-order valence-electron chi connectivity index (χ1n) is 3.30. The van der Waals surface area contributed by atoms with E-state index in [1.807, 2.05) is 0 Å². The summed E-state index contributed by atoms with van der Waals surface area (Å²) in [5.74, 6) is -0.245. The first-order chi connectivity index (χ1) is 6.00. The van der Waals surface area contributed by atoms with Gasteiger partial charge in [-0.1, -0.05) is 11.6 Å². The number of benzene rings is 1. The highest BCUT2D eigenvalue weighted by Crippen LogP contribution is 2.20. The van der Waals surface area contributed by atoms with Gasteiger partial charge in [0.1, 0.15) is 5.84 Å². The van der Waals surface area contributed by atoms with Crippen LogP contribution in [0.5, 0.6) is 0 Å². The monoisotopic (exact) mass is 235 g/mol. The molecule has 0 aromatic heterocycles. The second kappa shape index (κ2) is 4.78. The highest BCUT2D eigenvalue weighted by atomic mass is 35.5. The second-order valence-corrected chi connectivity index (χ2v) is 2.81. The van der Waals surface area contributed by atoms with Crippen molar-refractivity contribution < 1.29 is 4.92 Å². The van der Waals surface area contributed by atoms with Gasteiger partial charge in [0.25, 0.3) is 5.69 Å². The van der Waals surface area contributed by atoms with E-state index in [1.54, 1.807) is 0 Å². The first-order valence-corrected chi connectivity index (χ1v) is 3.68. The summed E-state index contributed by atoms with van der Waals surface area (Å²) >= 11 is 5.58. The van der Waals surface area contributed by atoms with Gasteiger partial charge in [0.2, 0.25) is 0 Å². The van der Waals surface area contributed by atoms with Crippen molar-refractivity contribution in [2.45, 2.75) is 0 Å². The summed E-state index contributed by atoms with van der Waals surface area (Å²) in [6.45, 7) is 0. The van der Waals surface area contributed by atoms with Gasteiger partial charge < -0.3 is 5.73 Å². The molecule has 7 heteroatoms. The molecule has 0 saturated carbocycles. The van der Waals surface area contributed by atoms with E-state index in [0.29, 0.717) is 0 Å². The number of nitrogen functional groups attached to an aromatic ring is 1. The van der Waals surface area contributed by atoms with Crippen molar-refractivity contribution in [3.8, 4) is 0 Å². The molecule has 0 bridgehead atoms. The van der Waals surface area contributed by atoms with Crippen LogP contribution in [0.1, 0.15) is 5.56 Å². The zero-order valence-electron chi connectivity index (χ0n) is 6.86. The third kappa shape index (κ3) is 2.86. The van der Waals surface area contributed by atoms with Crippen LogP contribution in [0.4, 0.5) is 5.69 Å². The van der Waals surface area contributed by atoms with Crippen molar-refractivity contribution in [3.05, 3.63) is 38.9 Å². The summed E-state index contributed by atoms with van der Waals surface area (Å²) in [6, 6.07) is 3.80. The lowest BCUT2D eigenvalue weighted by Gasteiger charge is -1.98. The Balaban J connectivity index is 0.00000169. The van der Waals surface area contributed by atoms with E-state index < -0.39 is 4.92 Å². The summed E-state index contributed by atoms with van der Waals surface area (Å²) in [5.41, 5.74) is 5.23. The Hall–Kier alpha value is -1.33. The number of rotatable bonds is 2. The fourth-order valence-electron chi connectivity index (χ4n) is 0.835. The number of nitrogens with two attached hydrogens (primary N) is 1. The first kappa shape index (κ1) is 12.7. The van der Waals surface area contributed by atoms with Crippen LogP contribution in [0, 0.1) is 15.5 Å². The number of nitro benzene ring substituents is 1. The predicted molar refractivity (Wildman–Crippen MR) is 56.4 cm³/mol. The van der Waals surface area contributed by atoms with Gasteiger partial charge in [-0.3, -0.25) is 15.5 Å². The summed E-state index contributed by atoms with van der Waals surface area (Å²) in [7, 11) is 0. The molecule has 0 heterocycles. The van der Waals surface area contributed by atoms with Crippen LogP contribution in [0.3, 0.4) is 0 Å². The molecule has 1 aromatic rings. The number of nitro groups is 1. The van der Waals surface area contributed by atoms with Gasteiger partial charge in [-0.25, -0.2) is 0 Å². The summed E-state index contributed by atoms with van der Waals surface area (Å²) in [5, 5.41) is 17.6. The van der Waals surface area contributed by atoms with Gasteiger partial charge in [-0.2, -0.15) is 0 Å². The highest BCUT2D eigenvalue weighted by Gasteiger charge is 2.09. The molecule has 0 aliphatic carbocycles. The molecule has 0 atom stereocenters. The molecule has 0 amide bonds. The van der Waals surface area contributed by atoms with Crippen LogP contribution in [0.25, 0.3) is 0 Å².